The Kier molecular flexibility index (Phi) is 14.4. The molecule has 0 saturated carbocycles. The lowest BCUT2D eigenvalue weighted by Gasteiger charge is -2.09. The zero-order valence-corrected chi connectivity index (χ0v) is 29.4. The summed E-state index contributed by atoms with van der Waals surface area (Å²) in [6.45, 7) is 0. The van der Waals surface area contributed by atoms with E-state index >= 15 is 0 Å². The molecule has 0 aromatic heterocycles. The average Bonchev–Trinajstić information content (AvgIpc) is 3.17. The van der Waals surface area contributed by atoms with Gasteiger partial charge in [0.15, 0.2) is 0 Å². The first kappa shape index (κ1) is 44.0. The minimum Gasteiger partial charge on any atom is -0.497 e. The second kappa shape index (κ2) is 19.3. The molecule has 59 heavy (non-hydrogen) atoms. The normalized spacial score (nSPS) is 10.4. The van der Waals surface area contributed by atoms with Gasteiger partial charge in [-0.2, -0.15) is 0 Å². The average molecular weight is 816 g/mol. The van der Waals surface area contributed by atoms with Crippen molar-refractivity contribution in [2.45, 2.75) is 0 Å². The molecule has 0 fully saturated rings. The van der Waals surface area contributed by atoms with E-state index in [2.05, 4.69) is 0 Å². The fourth-order valence-corrected chi connectivity index (χ4v) is 4.72. The summed E-state index contributed by atoms with van der Waals surface area (Å²) in [5.41, 5.74) is 9.03. The molecule has 0 amide bonds. The summed E-state index contributed by atoms with van der Waals surface area (Å²) < 4.78 is 0. The van der Waals surface area contributed by atoms with Crippen molar-refractivity contribution in [3.63, 3.8) is 0 Å². The van der Waals surface area contributed by atoms with Crippen molar-refractivity contribution in [3.05, 3.63) is 184 Å². The maximum Gasteiger partial charge on any atom is 0.324 e. The summed E-state index contributed by atoms with van der Waals surface area (Å²) >= 11 is 0. The number of phenolic OH excluding ortho intramolecular Hbond substituents is 2. The third-order valence-corrected chi connectivity index (χ3v) is 7.43. The number of nitro benzene ring substituents is 7. The summed E-state index contributed by atoms with van der Waals surface area (Å²) in [7, 11) is 0. The summed E-state index contributed by atoms with van der Waals surface area (Å²) in [6, 6.07) is 22.4. The standard InChI is InChI=1S/C22H19N3O2.2C6H3N3O7/c23-20-15-21(24)19(14-12-17-9-5-2-6-10-17)22(25(26)27)18(20)13-11-16-7-3-1-4-8-16;2*10-6-4(8(13)14)1-3(7(11)12)2-5(6)9(15)16/h1-15H,23-24H2;2*1-2,10H. The third-order valence-electron chi connectivity index (χ3n) is 7.43. The quantitative estimate of drug-likeness (QED) is 0.0438. The van der Waals surface area contributed by atoms with Gasteiger partial charge in [0.25, 0.3) is 28.6 Å². The largest absolute Gasteiger partial charge is 0.497 e. The fraction of sp³-hybridized carbons (Fsp3) is 0. The molecule has 0 unspecified atom stereocenters. The minimum atomic E-state index is -1.21. The van der Waals surface area contributed by atoms with E-state index in [9.17, 15) is 70.8 Å². The number of non-ortho nitro benzene ring substituents is 2. The van der Waals surface area contributed by atoms with E-state index in [-0.39, 0.29) is 17.1 Å². The molecule has 0 spiro atoms. The summed E-state index contributed by atoms with van der Waals surface area (Å²) in [5, 5.41) is 92.2. The molecular formula is C34H25N9O16. The fourth-order valence-electron chi connectivity index (χ4n) is 4.72. The van der Waals surface area contributed by atoms with Gasteiger partial charge in [-0.25, -0.2) is 0 Å². The van der Waals surface area contributed by atoms with Gasteiger partial charge in [0.05, 0.1) is 69.9 Å². The summed E-state index contributed by atoms with van der Waals surface area (Å²) in [4.78, 5) is 66.9. The first-order chi connectivity index (χ1) is 27.7. The molecule has 0 heterocycles. The van der Waals surface area contributed by atoms with Crippen molar-refractivity contribution in [1.82, 2.24) is 0 Å². The van der Waals surface area contributed by atoms with Crippen molar-refractivity contribution in [3.8, 4) is 11.5 Å². The highest BCUT2D eigenvalue weighted by atomic mass is 16.7. The lowest BCUT2D eigenvalue weighted by Crippen LogP contribution is -2.03. The smallest absolute Gasteiger partial charge is 0.324 e. The van der Waals surface area contributed by atoms with Crippen LogP contribution in [0.1, 0.15) is 22.3 Å². The van der Waals surface area contributed by atoms with Gasteiger partial charge in [0, 0.05) is 11.4 Å². The topological polar surface area (TPSA) is 394 Å². The molecule has 25 heteroatoms. The predicted octanol–water partition coefficient (Wildman–Crippen LogP) is 7.33. The van der Waals surface area contributed by atoms with Crippen LogP contribution in [0.4, 0.5) is 51.2 Å². The molecule has 302 valence electrons. The second-order valence-corrected chi connectivity index (χ2v) is 11.2. The van der Waals surface area contributed by atoms with Crippen LogP contribution >= 0.6 is 0 Å². The van der Waals surface area contributed by atoms with Crippen LogP contribution < -0.4 is 11.5 Å². The minimum absolute atomic E-state index is 0.105. The molecular weight excluding hydrogens is 790 g/mol. The summed E-state index contributed by atoms with van der Waals surface area (Å²) in [5.74, 6) is -2.42. The zero-order chi connectivity index (χ0) is 44.1. The van der Waals surface area contributed by atoms with Crippen molar-refractivity contribution in [2.75, 3.05) is 11.5 Å². The highest BCUT2D eigenvalue weighted by molar-refractivity contribution is 5.91. The molecule has 0 aliphatic rings. The van der Waals surface area contributed by atoms with E-state index in [0.717, 1.165) is 11.1 Å². The number of nitrogens with two attached hydrogens (primary N) is 2. The Morgan fingerprint density at radius 3 is 0.932 bits per heavy atom. The van der Waals surface area contributed by atoms with Crippen LogP contribution in [0.2, 0.25) is 0 Å². The Labute approximate surface area is 327 Å². The number of hydrogen-bond donors (Lipinski definition) is 4. The van der Waals surface area contributed by atoms with Crippen molar-refractivity contribution in [1.29, 1.82) is 0 Å². The van der Waals surface area contributed by atoms with Crippen LogP contribution in [0.25, 0.3) is 24.3 Å². The Morgan fingerprint density at radius 2 is 0.695 bits per heavy atom. The van der Waals surface area contributed by atoms with Crippen LogP contribution in [0.15, 0.2) is 91.0 Å². The first-order valence-corrected chi connectivity index (χ1v) is 15.7. The number of benzene rings is 5. The number of anilines is 2. The van der Waals surface area contributed by atoms with E-state index in [1.807, 2.05) is 60.7 Å². The van der Waals surface area contributed by atoms with Gasteiger partial charge in [0.1, 0.15) is 0 Å². The Hall–Kier alpha value is -9.42. The lowest BCUT2D eigenvalue weighted by atomic mass is 10.0. The number of nitrogens with zero attached hydrogens (tertiary/aromatic N) is 7. The van der Waals surface area contributed by atoms with Crippen molar-refractivity contribution >= 4 is 75.5 Å². The first-order valence-electron chi connectivity index (χ1n) is 15.7. The maximum atomic E-state index is 11.8. The molecule has 6 N–H and O–H groups in total. The predicted molar refractivity (Wildman–Crippen MR) is 209 cm³/mol. The van der Waals surface area contributed by atoms with Crippen LogP contribution in [0.3, 0.4) is 0 Å². The van der Waals surface area contributed by atoms with Crippen LogP contribution in [-0.4, -0.2) is 44.7 Å². The lowest BCUT2D eigenvalue weighted by molar-refractivity contribution is -0.404. The van der Waals surface area contributed by atoms with E-state index in [1.54, 1.807) is 30.4 Å². The number of nitrogen functional groups attached to an aromatic ring is 2. The molecule has 5 rings (SSSR count). The van der Waals surface area contributed by atoms with Crippen molar-refractivity contribution < 1.29 is 44.7 Å². The molecule has 0 aliphatic heterocycles. The zero-order valence-electron chi connectivity index (χ0n) is 29.4. The van der Waals surface area contributed by atoms with Crippen LogP contribution in [0, 0.1) is 70.8 Å². The molecule has 0 atom stereocenters. The SMILES string of the molecule is Nc1cc(N)c(C=Cc2ccccc2)c([N+](=O)[O-])c1C=Cc1ccccc1.O=[N+]([O-])c1cc([N+](=O)[O-])c(O)c([N+](=O)[O-])c1.O=[N+]([O-])c1cc([N+](=O)[O-])c(O)c([N+](=O)[O-])c1. The van der Waals surface area contributed by atoms with Crippen LogP contribution in [-0.2, 0) is 0 Å². The molecule has 5 aromatic carbocycles. The van der Waals surface area contributed by atoms with Gasteiger partial charge in [-0.3, -0.25) is 70.8 Å². The molecule has 5 aromatic rings. The van der Waals surface area contributed by atoms with Gasteiger partial charge in [-0.15, -0.1) is 0 Å². The van der Waals surface area contributed by atoms with E-state index in [1.165, 1.54) is 0 Å². The van der Waals surface area contributed by atoms with E-state index in [4.69, 9.17) is 21.7 Å². The van der Waals surface area contributed by atoms with Crippen LogP contribution in [0.5, 0.6) is 11.5 Å². The third kappa shape index (κ3) is 11.3. The molecule has 0 radical (unpaired) electrons. The van der Waals surface area contributed by atoms with E-state index < -0.39 is 80.1 Å². The van der Waals surface area contributed by atoms with Gasteiger partial charge in [-0.05, 0) is 29.3 Å². The van der Waals surface area contributed by atoms with Gasteiger partial charge < -0.3 is 21.7 Å². The number of hydrogen-bond acceptors (Lipinski definition) is 18. The Bertz CT molecular complexity index is 2310. The Balaban J connectivity index is 0.000000252. The van der Waals surface area contributed by atoms with E-state index in [0.29, 0.717) is 35.4 Å². The number of rotatable bonds is 11. The van der Waals surface area contributed by atoms with Gasteiger partial charge >= 0.3 is 22.7 Å². The second-order valence-electron chi connectivity index (χ2n) is 11.2. The highest BCUT2D eigenvalue weighted by Gasteiger charge is 2.31. The van der Waals surface area contributed by atoms with Gasteiger partial charge in [0.2, 0.25) is 0 Å². The number of nitro groups is 7. The summed E-state index contributed by atoms with van der Waals surface area (Å²) in [6.07, 6.45) is 6.89. The molecule has 0 bridgehead atoms. The highest BCUT2D eigenvalue weighted by Crippen LogP contribution is 2.40. The maximum absolute atomic E-state index is 11.8. The molecule has 0 aliphatic carbocycles. The number of phenols is 2. The number of aromatic hydroxyl groups is 2. The Morgan fingerprint density at radius 1 is 0.407 bits per heavy atom. The van der Waals surface area contributed by atoms with Crippen molar-refractivity contribution in [2.24, 2.45) is 0 Å². The van der Waals surface area contributed by atoms with Gasteiger partial charge in [-0.1, -0.05) is 72.8 Å². The molecule has 25 nitrogen and oxygen atoms in total. The molecule has 0 saturated heterocycles. The monoisotopic (exact) mass is 815 g/mol.